The first kappa shape index (κ1) is 15.0. The first-order chi connectivity index (χ1) is 11.8. The number of para-hydroxylation sites is 2. The van der Waals surface area contributed by atoms with Crippen molar-refractivity contribution in [3.05, 3.63) is 60.5 Å². The predicted molar refractivity (Wildman–Crippen MR) is 95.0 cm³/mol. The Bertz CT molecular complexity index is 961. The Labute approximate surface area is 143 Å². The lowest BCUT2D eigenvalue weighted by molar-refractivity contribution is 0.482. The molecule has 0 radical (unpaired) electrons. The molecule has 6 heteroatoms. The van der Waals surface area contributed by atoms with Crippen LogP contribution in [0.25, 0.3) is 22.5 Å². The maximum atomic E-state index is 5.84. The molecule has 0 spiro atoms. The molecule has 0 unspecified atom stereocenters. The van der Waals surface area contributed by atoms with Crippen molar-refractivity contribution in [3.8, 4) is 11.5 Å². The van der Waals surface area contributed by atoms with E-state index in [9.17, 15) is 0 Å². The van der Waals surface area contributed by atoms with Gasteiger partial charge in [0.05, 0.1) is 11.0 Å². The Morgan fingerprint density at radius 1 is 1.00 bits per heavy atom. The monoisotopic (exact) mass is 336 g/mol. The Morgan fingerprint density at radius 3 is 2.62 bits per heavy atom. The quantitative estimate of drug-likeness (QED) is 0.510. The topological polar surface area (TPSA) is 56.7 Å². The van der Waals surface area contributed by atoms with Crippen LogP contribution in [0.4, 0.5) is 0 Å². The summed E-state index contributed by atoms with van der Waals surface area (Å²) in [4.78, 5) is 4.70. The van der Waals surface area contributed by atoms with Crippen molar-refractivity contribution >= 4 is 22.8 Å². The smallest absolute Gasteiger partial charge is 0.247 e. The molecule has 2 aromatic carbocycles. The van der Waals surface area contributed by atoms with Crippen LogP contribution in [0.1, 0.15) is 12.8 Å². The molecule has 0 aliphatic carbocycles. The molecule has 4 rings (SSSR count). The second kappa shape index (κ2) is 6.49. The molecule has 5 nitrogen and oxygen atoms in total. The Balaban J connectivity index is 1.69. The summed E-state index contributed by atoms with van der Waals surface area (Å²) in [7, 11) is 0. The second-order valence-electron chi connectivity index (χ2n) is 5.27. The molecule has 24 heavy (non-hydrogen) atoms. The highest BCUT2D eigenvalue weighted by Crippen LogP contribution is 2.25. The molecule has 0 N–H and O–H groups in total. The van der Waals surface area contributed by atoms with Crippen molar-refractivity contribution in [1.29, 1.82) is 0 Å². The molecule has 0 amide bonds. The van der Waals surface area contributed by atoms with E-state index in [1.54, 1.807) is 11.8 Å². The highest BCUT2D eigenvalue weighted by molar-refractivity contribution is 7.99. The zero-order valence-corrected chi connectivity index (χ0v) is 14.0. The van der Waals surface area contributed by atoms with E-state index in [2.05, 4.69) is 27.8 Å². The average Bonchev–Trinajstić information content (AvgIpc) is 3.22. The van der Waals surface area contributed by atoms with Gasteiger partial charge in [0.1, 0.15) is 6.54 Å². The third-order valence-electron chi connectivity index (χ3n) is 3.67. The van der Waals surface area contributed by atoms with Gasteiger partial charge in [-0.25, -0.2) is 4.98 Å². The van der Waals surface area contributed by atoms with Crippen LogP contribution in [0.3, 0.4) is 0 Å². The number of fused-ring (bicyclic) bond motifs is 1. The van der Waals surface area contributed by atoms with Crippen molar-refractivity contribution in [2.24, 2.45) is 0 Å². The number of hydrogen-bond acceptors (Lipinski definition) is 5. The molecule has 0 aliphatic rings. The van der Waals surface area contributed by atoms with Crippen molar-refractivity contribution in [2.45, 2.75) is 18.6 Å². The van der Waals surface area contributed by atoms with Gasteiger partial charge in [-0.2, -0.15) is 0 Å². The van der Waals surface area contributed by atoms with Crippen LogP contribution in [0, 0.1) is 0 Å². The lowest BCUT2D eigenvalue weighted by atomic mass is 10.2. The van der Waals surface area contributed by atoms with E-state index in [0.717, 1.165) is 27.5 Å². The zero-order chi connectivity index (χ0) is 16.4. The number of thioether (sulfide) groups is 1. The summed E-state index contributed by atoms with van der Waals surface area (Å²) in [6, 6.07) is 17.9. The van der Waals surface area contributed by atoms with Crippen LogP contribution in [-0.2, 0) is 6.54 Å². The minimum atomic E-state index is 0.517. The predicted octanol–water partition coefficient (Wildman–Crippen LogP) is 4.25. The van der Waals surface area contributed by atoms with E-state index in [0.29, 0.717) is 18.3 Å². The fraction of sp³-hybridized carbons (Fsp3) is 0.167. The molecule has 0 atom stereocenters. The molecule has 4 aromatic rings. The molecular weight excluding hydrogens is 320 g/mol. The molecule has 2 aromatic heterocycles. The standard InChI is InChI=1S/C18H16N4OS/c1-2-24-18-19-14-10-6-7-11-15(14)22(18)12-16-20-21-17(23-16)13-8-4-3-5-9-13/h3-11H,2,12H2,1H3. The highest BCUT2D eigenvalue weighted by atomic mass is 32.2. The lowest BCUT2D eigenvalue weighted by Crippen LogP contribution is -2.02. The van der Waals surface area contributed by atoms with Gasteiger partial charge in [-0.15, -0.1) is 10.2 Å². The number of benzene rings is 2. The van der Waals surface area contributed by atoms with Gasteiger partial charge in [-0.05, 0) is 30.0 Å². The highest BCUT2D eigenvalue weighted by Gasteiger charge is 2.14. The van der Waals surface area contributed by atoms with Gasteiger partial charge in [0.15, 0.2) is 5.16 Å². The zero-order valence-electron chi connectivity index (χ0n) is 13.2. The van der Waals surface area contributed by atoms with Crippen LogP contribution in [0.15, 0.2) is 64.2 Å². The van der Waals surface area contributed by atoms with E-state index < -0.39 is 0 Å². The van der Waals surface area contributed by atoms with E-state index in [4.69, 9.17) is 9.40 Å². The normalized spacial score (nSPS) is 11.2. The van der Waals surface area contributed by atoms with Crippen molar-refractivity contribution in [2.75, 3.05) is 5.75 Å². The molecule has 0 aliphatic heterocycles. The van der Waals surface area contributed by atoms with Gasteiger partial charge < -0.3 is 8.98 Å². The molecule has 0 saturated carbocycles. The molecule has 0 bridgehead atoms. The van der Waals surface area contributed by atoms with Crippen molar-refractivity contribution in [3.63, 3.8) is 0 Å². The summed E-state index contributed by atoms with van der Waals surface area (Å²) in [5, 5.41) is 9.34. The van der Waals surface area contributed by atoms with Gasteiger partial charge >= 0.3 is 0 Å². The summed E-state index contributed by atoms with van der Waals surface area (Å²) >= 11 is 1.71. The first-order valence-electron chi connectivity index (χ1n) is 7.81. The SMILES string of the molecule is CCSc1nc2ccccc2n1Cc1nnc(-c2ccccc2)o1. The van der Waals surface area contributed by atoms with E-state index in [1.807, 2.05) is 48.5 Å². The summed E-state index contributed by atoms with van der Waals surface area (Å²) in [6.45, 7) is 2.64. The fourth-order valence-corrected chi connectivity index (χ4v) is 3.34. The maximum absolute atomic E-state index is 5.84. The van der Waals surface area contributed by atoms with Gasteiger partial charge in [0.25, 0.3) is 0 Å². The Hall–Kier alpha value is -2.60. The third-order valence-corrected chi connectivity index (χ3v) is 4.53. The number of nitrogens with zero attached hydrogens (tertiary/aromatic N) is 4. The molecule has 0 saturated heterocycles. The van der Waals surface area contributed by atoms with Crippen LogP contribution >= 0.6 is 11.8 Å². The minimum absolute atomic E-state index is 0.517. The van der Waals surface area contributed by atoms with Crippen LogP contribution in [0.2, 0.25) is 0 Å². The number of imidazole rings is 1. The first-order valence-corrected chi connectivity index (χ1v) is 8.79. The van der Waals surface area contributed by atoms with Gasteiger partial charge in [0, 0.05) is 5.56 Å². The number of aromatic nitrogens is 4. The molecule has 2 heterocycles. The summed E-state index contributed by atoms with van der Waals surface area (Å²) < 4.78 is 7.98. The van der Waals surface area contributed by atoms with Crippen molar-refractivity contribution < 1.29 is 4.42 Å². The molecular formula is C18H16N4OS. The number of rotatable bonds is 5. The van der Waals surface area contributed by atoms with Crippen molar-refractivity contribution in [1.82, 2.24) is 19.7 Å². The van der Waals surface area contributed by atoms with Crippen LogP contribution in [0.5, 0.6) is 0 Å². The summed E-state index contributed by atoms with van der Waals surface area (Å²) in [5.74, 6) is 2.08. The van der Waals surface area contributed by atoms with Crippen LogP contribution < -0.4 is 0 Å². The fourth-order valence-electron chi connectivity index (χ4n) is 2.60. The summed E-state index contributed by atoms with van der Waals surface area (Å²) in [5.41, 5.74) is 2.99. The van der Waals surface area contributed by atoms with E-state index in [1.165, 1.54) is 0 Å². The van der Waals surface area contributed by atoms with E-state index >= 15 is 0 Å². The van der Waals surface area contributed by atoms with Gasteiger partial charge in [-0.3, -0.25) is 0 Å². The molecule has 120 valence electrons. The Morgan fingerprint density at radius 2 is 1.79 bits per heavy atom. The van der Waals surface area contributed by atoms with Gasteiger partial charge in [-0.1, -0.05) is 49.0 Å². The lowest BCUT2D eigenvalue weighted by Gasteiger charge is -2.04. The van der Waals surface area contributed by atoms with Crippen LogP contribution in [-0.4, -0.2) is 25.5 Å². The molecule has 0 fully saturated rings. The average molecular weight is 336 g/mol. The summed E-state index contributed by atoms with van der Waals surface area (Å²) in [6.07, 6.45) is 0. The maximum Gasteiger partial charge on any atom is 0.247 e. The largest absolute Gasteiger partial charge is 0.419 e. The number of hydrogen-bond donors (Lipinski definition) is 0. The Kier molecular flexibility index (Phi) is 4.04. The van der Waals surface area contributed by atoms with E-state index in [-0.39, 0.29) is 0 Å². The minimum Gasteiger partial charge on any atom is -0.419 e. The second-order valence-corrected chi connectivity index (χ2v) is 6.50. The third kappa shape index (κ3) is 2.80. The van der Waals surface area contributed by atoms with Gasteiger partial charge in [0.2, 0.25) is 11.8 Å².